The van der Waals surface area contributed by atoms with E-state index in [1.165, 1.54) is 0 Å². The van der Waals surface area contributed by atoms with Crippen LogP contribution in [0.3, 0.4) is 0 Å². The number of hydrogen-bond acceptors (Lipinski definition) is 9. The molecule has 1 aliphatic rings. The minimum absolute atomic E-state index is 0.00335. The number of ether oxygens (including phenoxy) is 6. The van der Waals surface area contributed by atoms with Gasteiger partial charge in [0.05, 0.1) is 51.1 Å². The van der Waals surface area contributed by atoms with Gasteiger partial charge in [0.1, 0.15) is 6.61 Å². The molecule has 194 valence electrons. The second-order valence-electron chi connectivity index (χ2n) is 8.24. The van der Waals surface area contributed by atoms with E-state index < -0.39 is 17.2 Å². The number of benzene rings is 2. The van der Waals surface area contributed by atoms with Crippen LogP contribution in [0.2, 0.25) is 0 Å². The molecule has 4 atom stereocenters. The SMILES string of the molecule is CCCOc1c(OCC(C)O)cc(C2CCC(c3cc(OC)c(OC)c(OC)c3)O2)cc1S(=O)[O-]. The minimum Gasteiger partial charge on any atom is -0.768 e. The van der Waals surface area contributed by atoms with Crippen molar-refractivity contribution in [2.75, 3.05) is 34.5 Å². The first kappa shape index (κ1) is 27.1. The quantitative estimate of drug-likeness (QED) is 0.422. The van der Waals surface area contributed by atoms with E-state index >= 15 is 0 Å². The molecule has 0 spiro atoms. The third kappa shape index (κ3) is 6.38. The molecule has 10 heteroatoms. The van der Waals surface area contributed by atoms with Crippen molar-refractivity contribution in [3.63, 3.8) is 0 Å². The van der Waals surface area contributed by atoms with Gasteiger partial charge >= 0.3 is 0 Å². The Balaban J connectivity index is 1.94. The summed E-state index contributed by atoms with van der Waals surface area (Å²) in [6.07, 6.45) is 0.716. The maximum atomic E-state index is 12.1. The topological polar surface area (TPSA) is 116 Å². The summed E-state index contributed by atoms with van der Waals surface area (Å²) >= 11 is -2.56. The Hall–Kier alpha value is -2.53. The van der Waals surface area contributed by atoms with E-state index in [0.717, 1.165) is 5.56 Å². The van der Waals surface area contributed by atoms with Gasteiger partial charge in [-0.1, -0.05) is 6.92 Å². The van der Waals surface area contributed by atoms with E-state index in [-0.39, 0.29) is 35.2 Å². The first-order chi connectivity index (χ1) is 16.8. The molecule has 1 N–H and O–H groups in total. The van der Waals surface area contributed by atoms with Crippen LogP contribution >= 0.6 is 0 Å². The molecule has 3 rings (SSSR count). The van der Waals surface area contributed by atoms with Gasteiger partial charge in [-0.15, -0.1) is 0 Å². The molecule has 1 heterocycles. The molecule has 1 fully saturated rings. The lowest BCUT2D eigenvalue weighted by molar-refractivity contribution is 0.0433. The van der Waals surface area contributed by atoms with Crippen molar-refractivity contribution in [2.45, 2.75) is 56.3 Å². The summed E-state index contributed by atoms with van der Waals surface area (Å²) in [5.41, 5.74) is 1.52. The predicted molar refractivity (Wildman–Crippen MR) is 128 cm³/mol. The summed E-state index contributed by atoms with van der Waals surface area (Å²) in [6, 6.07) is 6.99. The molecule has 0 aromatic heterocycles. The lowest BCUT2D eigenvalue weighted by atomic mass is 10.0. The molecule has 0 aliphatic carbocycles. The Labute approximate surface area is 208 Å². The zero-order valence-corrected chi connectivity index (χ0v) is 21.5. The zero-order chi connectivity index (χ0) is 25.5. The van der Waals surface area contributed by atoms with Crippen LogP contribution in [-0.2, 0) is 15.8 Å². The Kier molecular flexibility index (Phi) is 9.62. The second kappa shape index (κ2) is 12.4. The van der Waals surface area contributed by atoms with Gasteiger partial charge in [0.2, 0.25) is 5.75 Å². The maximum absolute atomic E-state index is 12.1. The zero-order valence-electron chi connectivity index (χ0n) is 20.7. The van der Waals surface area contributed by atoms with Crippen LogP contribution in [0.5, 0.6) is 28.7 Å². The molecular formula is C25H33O9S-. The van der Waals surface area contributed by atoms with Crippen LogP contribution in [0.15, 0.2) is 29.2 Å². The number of methoxy groups -OCH3 is 3. The van der Waals surface area contributed by atoms with Crippen LogP contribution in [0, 0.1) is 0 Å². The number of aliphatic hydroxyl groups is 1. The van der Waals surface area contributed by atoms with E-state index in [4.69, 9.17) is 28.4 Å². The van der Waals surface area contributed by atoms with Crippen molar-refractivity contribution < 1.29 is 42.3 Å². The smallest absolute Gasteiger partial charge is 0.203 e. The lowest BCUT2D eigenvalue weighted by Crippen LogP contribution is -2.14. The van der Waals surface area contributed by atoms with Crippen LogP contribution in [0.1, 0.15) is 56.4 Å². The predicted octanol–water partition coefficient (Wildman–Crippen LogP) is 4.09. The number of aliphatic hydroxyl groups excluding tert-OH is 1. The highest BCUT2D eigenvalue weighted by Gasteiger charge is 2.31. The summed E-state index contributed by atoms with van der Waals surface area (Å²) < 4.78 is 58.2. The third-order valence-corrected chi connectivity index (χ3v) is 6.27. The van der Waals surface area contributed by atoms with Gasteiger partial charge < -0.3 is 38.1 Å². The highest BCUT2D eigenvalue weighted by molar-refractivity contribution is 7.79. The molecule has 0 bridgehead atoms. The van der Waals surface area contributed by atoms with Gasteiger partial charge in [-0.25, -0.2) is 0 Å². The summed E-state index contributed by atoms with van der Waals surface area (Å²) in [7, 11) is 4.66. The van der Waals surface area contributed by atoms with Gasteiger partial charge in [-0.3, -0.25) is 4.21 Å². The van der Waals surface area contributed by atoms with E-state index in [9.17, 15) is 13.9 Å². The molecule has 2 aromatic carbocycles. The molecule has 2 aromatic rings. The highest BCUT2D eigenvalue weighted by atomic mass is 32.2. The van der Waals surface area contributed by atoms with Crippen LogP contribution in [0.4, 0.5) is 0 Å². The molecule has 1 saturated heterocycles. The molecule has 9 nitrogen and oxygen atoms in total. The van der Waals surface area contributed by atoms with Gasteiger partial charge in [0, 0.05) is 0 Å². The molecule has 1 aliphatic heterocycles. The van der Waals surface area contributed by atoms with Gasteiger partial charge in [0.25, 0.3) is 0 Å². The fraction of sp³-hybridized carbons (Fsp3) is 0.520. The standard InChI is InChI=1S/C25H34O9S/c1-6-9-32-25-22(33-14-15(2)26)12-17(13-23(25)35(27)28)19-8-7-18(34-19)16-10-20(29-3)24(31-5)21(11-16)30-4/h10-13,15,18-19,26H,6-9,14H2,1-5H3,(H,27,28)/p-1. The Bertz CT molecular complexity index is 999. The fourth-order valence-electron chi connectivity index (χ4n) is 3.99. The highest BCUT2D eigenvalue weighted by Crippen LogP contribution is 2.47. The van der Waals surface area contributed by atoms with E-state index in [1.807, 2.05) is 19.1 Å². The van der Waals surface area contributed by atoms with Crippen molar-refractivity contribution >= 4 is 11.1 Å². The minimum atomic E-state index is -2.56. The molecule has 0 amide bonds. The third-order valence-electron chi connectivity index (χ3n) is 5.60. The molecule has 0 saturated carbocycles. The fourth-order valence-corrected chi connectivity index (χ4v) is 4.53. The van der Waals surface area contributed by atoms with Crippen molar-refractivity contribution in [3.8, 4) is 28.7 Å². The van der Waals surface area contributed by atoms with Crippen molar-refractivity contribution in [1.82, 2.24) is 0 Å². The Morgan fingerprint density at radius 2 is 1.54 bits per heavy atom. The molecular weight excluding hydrogens is 476 g/mol. The van der Waals surface area contributed by atoms with Crippen molar-refractivity contribution in [2.24, 2.45) is 0 Å². The normalized spacial score (nSPS) is 19.2. The van der Waals surface area contributed by atoms with Crippen LogP contribution in [0.25, 0.3) is 0 Å². The molecule has 0 radical (unpaired) electrons. The molecule has 4 unspecified atom stereocenters. The monoisotopic (exact) mass is 509 g/mol. The number of rotatable bonds is 12. The maximum Gasteiger partial charge on any atom is 0.203 e. The van der Waals surface area contributed by atoms with E-state index in [2.05, 4.69) is 0 Å². The van der Waals surface area contributed by atoms with Crippen molar-refractivity contribution in [3.05, 3.63) is 35.4 Å². The van der Waals surface area contributed by atoms with E-state index in [1.54, 1.807) is 40.4 Å². The average Bonchev–Trinajstić information content (AvgIpc) is 3.35. The lowest BCUT2D eigenvalue weighted by Gasteiger charge is -2.22. The van der Waals surface area contributed by atoms with Crippen LogP contribution < -0.4 is 23.7 Å². The largest absolute Gasteiger partial charge is 0.768 e. The first-order valence-electron chi connectivity index (χ1n) is 11.5. The molecule has 35 heavy (non-hydrogen) atoms. The van der Waals surface area contributed by atoms with Crippen molar-refractivity contribution in [1.29, 1.82) is 0 Å². The summed E-state index contributed by atoms with van der Waals surface area (Å²) in [5.74, 6) is 1.96. The second-order valence-corrected chi connectivity index (χ2v) is 9.15. The summed E-state index contributed by atoms with van der Waals surface area (Å²) in [4.78, 5) is -0.00335. The van der Waals surface area contributed by atoms with E-state index in [0.29, 0.717) is 48.7 Å². The van der Waals surface area contributed by atoms with Crippen LogP contribution in [-0.4, -0.2) is 54.5 Å². The first-order valence-corrected chi connectivity index (χ1v) is 12.6. The summed E-state index contributed by atoms with van der Waals surface area (Å²) in [5, 5.41) is 9.68. The van der Waals surface area contributed by atoms with Gasteiger partial charge in [0.15, 0.2) is 23.0 Å². The number of hydrogen-bond donors (Lipinski definition) is 1. The Morgan fingerprint density at radius 1 is 0.971 bits per heavy atom. The van der Waals surface area contributed by atoms with Gasteiger partial charge in [-0.2, -0.15) is 0 Å². The Morgan fingerprint density at radius 3 is 2.03 bits per heavy atom. The van der Waals surface area contributed by atoms with Gasteiger partial charge in [-0.05, 0) is 72.7 Å². The summed E-state index contributed by atoms with van der Waals surface area (Å²) in [6.45, 7) is 3.84. The average molecular weight is 510 g/mol.